The Morgan fingerprint density at radius 3 is 2.00 bits per heavy atom. The number of rotatable bonds is 8. The van der Waals surface area contributed by atoms with Gasteiger partial charge in [-0.25, -0.2) is 0 Å². The van der Waals surface area contributed by atoms with Crippen molar-refractivity contribution in [3.63, 3.8) is 0 Å². The van der Waals surface area contributed by atoms with Crippen LogP contribution in [0.15, 0.2) is 0 Å². The molecule has 1 aliphatic carbocycles. The lowest BCUT2D eigenvalue weighted by atomic mass is 9.90. The van der Waals surface area contributed by atoms with Crippen molar-refractivity contribution in [1.82, 2.24) is 10.6 Å². The summed E-state index contributed by atoms with van der Waals surface area (Å²) in [6, 6.07) is 0.844. The van der Waals surface area contributed by atoms with E-state index in [1.807, 2.05) is 0 Å². The Labute approximate surface area is 88.8 Å². The average Bonchev–Trinajstić information content (AvgIpc) is 3.03. The number of hydrogen-bond acceptors (Lipinski definition) is 2. The van der Waals surface area contributed by atoms with Crippen LogP contribution in [-0.2, 0) is 0 Å². The maximum atomic E-state index is 3.70. The molecular formula is C12H26N2. The van der Waals surface area contributed by atoms with Crippen molar-refractivity contribution < 1.29 is 0 Å². The quantitative estimate of drug-likeness (QED) is 0.585. The van der Waals surface area contributed by atoms with Gasteiger partial charge in [0.05, 0.1) is 0 Å². The number of nitrogens with one attached hydrogen (secondary N) is 2. The van der Waals surface area contributed by atoms with Gasteiger partial charge in [0.2, 0.25) is 0 Å². The lowest BCUT2D eigenvalue weighted by molar-refractivity contribution is 0.290. The van der Waals surface area contributed by atoms with E-state index in [-0.39, 0.29) is 0 Å². The summed E-state index contributed by atoms with van der Waals surface area (Å²) in [7, 11) is 0. The molecule has 1 saturated carbocycles. The molecule has 0 aromatic rings. The minimum Gasteiger partial charge on any atom is -0.313 e. The van der Waals surface area contributed by atoms with Crippen LogP contribution in [0.25, 0.3) is 0 Å². The first-order chi connectivity index (χ1) is 6.76. The smallest absolute Gasteiger partial charge is 0.0174 e. The molecule has 14 heavy (non-hydrogen) atoms. The molecule has 0 spiro atoms. The molecule has 1 aliphatic rings. The molecule has 84 valence electrons. The molecule has 0 aliphatic heterocycles. The third kappa shape index (κ3) is 3.58. The molecule has 2 heteroatoms. The standard InChI is InChI=1S/C12H26N2/c1-4-12(5-2,6-3)14-10-9-13-11-7-8-11/h11,13-14H,4-10H2,1-3H3. The van der Waals surface area contributed by atoms with Crippen LogP contribution in [-0.4, -0.2) is 24.7 Å². The van der Waals surface area contributed by atoms with Gasteiger partial charge in [0.15, 0.2) is 0 Å². The zero-order valence-electron chi connectivity index (χ0n) is 10.0. The van der Waals surface area contributed by atoms with Crippen LogP contribution in [0.2, 0.25) is 0 Å². The van der Waals surface area contributed by atoms with E-state index in [4.69, 9.17) is 0 Å². The van der Waals surface area contributed by atoms with Gasteiger partial charge in [-0.15, -0.1) is 0 Å². The molecule has 0 aromatic heterocycles. The van der Waals surface area contributed by atoms with Gasteiger partial charge in [-0.2, -0.15) is 0 Å². The fourth-order valence-corrected chi connectivity index (χ4v) is 2.02. The molecule has 0 saturated heterocycles. The first-order valence-electron chi connectivity index (χ1n) is 6.24. The second kappa shape index (κ2) is 5.72. The normalized spacial score (nSPS) is 17.4. The fourth-order valence-electron chi connectivity index (χ4n) is 2.02. The topological polar surface area (TPSA) is 24.1 Å². The van der Waals surface area contributed by atoms with Crippen LogP contribution >= 0.6 is 0 Å². The SMILES string of the molecule is CCC(CC)(CC)NCCNC1CC1. The van der Waals surface area contributed by atoms with Crippen molar-refractivity contribution in [3.05, 3.63) is 0 Å². The maximum Gasteiger partial charge on any atom is 0.0174 e. The molecule has 0 heterocycles. The van der Waals surface area contributed by atoms with Crippen LogP contribution in [0.4, 0.5) is 0 Å². The van der Waals surface area contributed by atoms with Crippen molar-refractivity contribution >= 4 is 0 Å². The Balaban J connectivity index is 2.11. The van der Waals surface area contributed by atoms with E-state index >= 15 is 0 Å². The summed E-state index contributed by atoms with van der Waals surface area (Å²) >= 11 is 0. The number of hydrogen-bond donors (Lipinski definition) is 2. The van der Waals surface area contributed by atoms with E-state index in [0.29, 0.717) is 5.54 Å². The van der Waals surface area contributed by atoms with Crippen LogP contribution < -0.4 is 10.6 Å². The van der Waals surface area contributed by atoms with Gasteiger partial charge in [0, 0.05) is 24.7 Å². The van der Waals surface area contributed by atoms with Gasteiger partial charge >= 0.3 is 0 Å². The molecule has 0 aromatic carbocycles. The summed E-state index contributed by atoms with van der Waals surface area (Å²) in [5.41, 5.74) is 0.394. The van der Waals surface area contributed by atoms with E-state index in [9.17, 15) is 0 Å². The van der Waals surface area contributed by atoms with E-state index in [2.05, 4.69) is 31.4 Å². The van der Waals surface area contributed by atoms with Crippen molar-refractivity contribution in [2.24, 2.45) is 0 Å². The molecule has 1 fully saturated rings. The van der Waals surface area contributed by atoms with Gasteiger partial charge in [0.1, 0.15) is 0 Å². The second-order valence-corrected chi connectivity index (χ2v) is 4.50. The van der Waals surface area contributed by atoms with Gasteiger partial charge < -0.3 is 10.6 Å². The zero-order valence-corrected chi connectivity index (χ0v) is 10.0. The Morgan fingerprint density at radius 2 is 1.57 bits per heavy atom. The van der Waals surface area contributed by atoms with Crippen LogP contribution in [0.5, 0.6) is 0 Å². The zero-order chi connectivity index (χ0) is 10.4. The Morgan fingerprint density at radius 1 is 1.00 bits per heavy atom. The molecule has 0 radical (unpaired) electrons. The fraction of sp³-hybridized carbons (Fsp3) is 1.00. The Hall–Kier alpha value is -0.0800. The highest BCUT2D eigenvalue weighted by atomic mass is 15.0. The third-order valence-electron chi connectivity index (χ3n) is 3.67. The first kappa shape index (κ1) is 12.0. The molecule has 0 atom stereocenters. The average molecular weight is 198 g/mol. The summed E-state index contributed by atoms with van der Waals surface area (Å²) < 4.78 is 0. The van der Waals surface area contributed by atoms with Gasteiger partial charge in [-0.3, -0.25) is 0 Å². The lowest BCUT2D eigenvalue weighted by Gasteiger charge is -2.32. The predicted octanol–water partition coefficient (Wildman–Crippen LogP) is 2.30. The largest absolute Gasteiger partial charge is 0.313 e. The molecule has 2 nitrogen and oxygen atoms in total. The van der Waals surface area contributed by atoms with E-state index in [1.54, 1.807) is 0 Å². The van der Waals surface area contributed by atoms with Crippen molar-refractivity contribution in [3.8, 4) is 0 Å². The highest BCUT2D eigenvalue weighted by Gasteiger charge is 2.23. The first-order valence-corrected chi connectivity index (χ1v) is 6.24. The Bertz CT molecular complexity index is 140. The molecule has 1 rings (SSSR count). The highest BCUT2D eigenvalue weighted by Crippen LogP contribution is 2.19. The van der Waals surface area contributed by atoms with Crippen LogP contribution in [0, 0.1) is 0 Å². The van der Waals surface area contributed by atoms with E-state index < -0.39 is 0 Å². The van der Waals surface area contributed by atoms with Crippen LogP contribution in [0.3, 0.4) is 0 Å². The maximum absolute atomic E-state index is 3.70. The highest BCUT2D eigenvalue weighted by molar-refractivity contribution is 4.85. The van der Waals surface area contributed by atoms with Gasteiger partial charge in [0.25, 0.3) is 0 Å². The molecule has 0 bridgehead atoms. The summed E-state index contributed by atoms with van der Waals surface area (Å²) in [5, 5.41) is 7.24. The van der Waals surface area contributed by atoms with Gasteiger partial charge in [-0.1, -0.05) is 20.8 Å². The van der Waals surface area contributed by atoms with E-state index in [0.717, 1.165) is 19.1 Å². The Kier molecular flexibility index (Phi) is 4.90. The van der Waals surface area contributed by atoms with Crippen molar-refractivity contribution in [2.75, 3.05) is 13.1 Å². The summed E-state index contributed by atoms with van der Waals surface area (Å²) in [4.78, 5) is 0. The van der Waals surface area contributed by atoms with Gasteiger partial charge in [-0.05, 0) is 32.1 Å². The minimum absolute atomic E-state index is 0.394. The lowest BCUT2D eigenvalue weighted by Crippen LogP contribution is -2.46. The van der Waals surface area contributed by atoms with Crippen molar-refractivity contribution in [2.45, 2.75) is 64.5 Å². The molecular weight excluding hydrogens is 172 g/mol. The molecule has 2 N–H and O–H groups in total. The van der Waals surface area contributed by atoms with E-state index in [1.165, 1.54) is 32.1 Å². The molecule has 0 amide bonds. The minimum atomic E-state index is 0.394. The summed E-state index contributed by atoms with van der Waals surface area (Å²) in [6.07, 6.45) is 6.50. The van der Waals surface area contributed by atoms with Crippen LogP contribution in [0.1, 0.15) is 52.9 Å². The monoisotopic (exact) mass is 198 g/mol. The third-order valence-corrected chi connectivity index (χ3v) is 3.67. The summed E-state index contributed by atoms with van der Waals surface area (Å²) in [5.74, 6) is 0. The second-order valence-electron chi connectivity index (χ2n) is 4.50. The summed E-state index contributed by atoms with van der Waals surface area (Å²) in [6.45, 7) is 9.11. The predicted molar refractivity (Wildman–Crippen MR) is 62.6 cm³/mol. The molecule has 0 unspecified atom stereocenters. The van der Waals surface area contributed by atoms with Crippen molar-refractivity contribution in [1.29, 1.82) is 0 Å².